The van der Waals surface area contributed by atoms with E-state index in [9.17, 15) is 8.42 Å². The quantitative estimate of drug-likeness (QED) is 0.645. The Balaban J connectivity index is 1.55. The van der Waals surface area contributed by atoms with E-state index in [2.05, 4.69) is 30.0 Å². The van der Waals surface area contributed by atoms with Crippen molar-refractivity contribution in [2.24, 2.45) is 0 Å². The van der Waals surface area contributed by atoms with E-state index in [1.54, 1.807) is 32.0 Å². The van der Waals surface area contributed by atoms with Crippen molar-refractivity contribution in [3.63, 3.8) is 0 Å². The molecular weight excluding hydrogens is 400 g/mol. The van der Waals surface area contributed by atoms with Gasteiger partial charge in [-0.15, -0.1) is 10.2 Å². The highest BCUT2D eigenvalue weighted by atomic mass is 32.2. The van der Waals surface area contributed by atoms with Crippen molar-refractivity contribution >= 4 is 21.5 Å². The number of aryl methyl sites for hydroxylation is 2. The molecule has 2 aromatic heterocycles. The summed E-state index contributed by atoms with van der Waals surface area (Å²) in [5.41, 5.74) is 2.90. The van der Waals surface area contributed by atoms with Crippen molar-refractivity contribution in [2.75, 3.05) is 22.7 Å². The number of nitrogens with one attached hydrogen (secondary N) is 2. The minimum atomic E-state index is -3.74. The molecule has 30 heavy (non-hydrogen) atoms. The van der Waals surface area contributed by atoms with E-state index in [1.807, 2.05) is 18.2 Å². The predicted octanol–water partition coefficient (Wildman–Crippen LogP) is 3.66. The van der Waals surface area contributed by atoms with Gasteiger partial charge in [-0.1, -0.05) is 25.0 Å². The van der Waals surface area contributed by atoms with Gasteiger partial charge < -0.3 is 4.90 Å². The van der Waals surface area contributed by atoms with Crippen molar-refractivity contribution in [3.05, 3.63) is 47.8 Å². The first kappa shape index (κ1) is 20.3. The largest absolute Gasteiger partial charge is 0.355 e. The Bertz CT molecular complexity index is 1100. The molecule has 1 fully saturated rings. The molecule has 0 radical (unpaired) electrons. The summed E-state index contributed by atoms with van der Waals surface area (Å²) in [5.74, 6) is 0.892. The zero-order valence-electron chi connectivity index (χ0n) is 17.2. The lowest BCUT2D eigenvalue weighted by atomic mass is 10.1. The van der Waals surface area contributed by atoms with Gasteiger partial charge in [0, 0.05) is 24.3 Å². The van der Waals surface area contributed by atoms with Crippen LogP contribution in [0.4, 0.5) is 11.5 Å². The Hall–Kier alpha value is -2.94. The number of sulfonamides is 1. The van der Waals surface area contributed by atoms with Crippen LogP contribution in [-0.4, -0.2) is 41.9 Å². The molecule has 0 amide bonds. The van der Waals surface area contributed by atoms with Crippen LogP contribution in [-0.2, 0) is 10.0 Å². The van der Waals surface area contributed by atoms with Gasteiger partial charge in [0.15, 0.2) is 5.82 Å². The average Bonchev–Trinajstić information content (AvgIpc) is 2.93. The number of H-pyrrole nitrogens is 1. The zero-order valence-corrected chi connectivity index (χ0v) is 18.0. The monoisotopic (exact) mass is 426 g/mol. The van der Waals surface area contributed by atoms with Crippen molar-refractivity contribution < 1.29 is 8.42 Å². The van der Waals surface area contributed by atoms with Crippen LogP contribution in [0.25, 0.3) is 11.3 Å². The molecule has 1 aliphatic heterocycles. The summed E-state index contributed by atoms with van der Waals surface area (Å²) >= 11 is 0. The third-order valence-electron chi connectivity index (χ3n) is 5.32. The van der Waals surface area contributed by atoms with Crippen LogP contribution < -0.4 is 9.62 Å². The topological polar surface area (TPSA) is 104 Å². The fourth-order valence-corrected chi connectivity index (χ4v) is 5.26. The van der Waals surface area contributed by atoms with Gasteiger partial charge in [-0.25, -0.2) is 8.42 Å². The van der Waals surface area contributed by atoms with E-state index < -0.39 is 10.0 Å². The van der Waals surface area contributed by atoms with Crippen LogP contribution in [0.2, 0.25) is 0 Å². The maximum absolute atomic E-state index is 12.8. The van der Waals surface area contributed by atoms with Crippen LogP contribution in [0.3, 0.4) is 0 Å². The van der Waals surface area contributed by atoms with Crippen molar-refractivity contribution in [1.29, 1.82) is 0 Å². The van der Waals surface area contributed by atoms with Crippen LogP contribution in [0.1, 0.15) is 37.1 Å². The first-order chi connectivity index (χ1) is 14.4. The van der Waals surface area contributed by atoms with E-state index >= 15 is 0 Å². The molecule has 0 saturated carbocycles. The number of hydrogen-bond donors (Lipinski definition) is 2. The van der Waals surface area contributed by atoms with Gasteiger partial charge >= 0.3 is 0 Å². The van der Waals surface area contributed by atoms with E-state index in [0.29, 0.717) is 22.8 Å². The van der Waals surface area contributed by atoms with Crippen molar-refractivity contribution in [2.45, 2.75) is 44.4 Å². The lowest BCUT2D eigenvalue weighted by Gasteiger charge is -2.20. The molecule has 0 bridgehead atoms. The number of aromatic amines is 1. The molecule has 2 N–H and O–H groups in total. The Morgan fingerprint density at radius 3 is 2.40 bits per heavy atom. The number of rotatable bonds is 5. The fraction of sp³-hybridized carbons (Fsp3) is 0.381. The molecule has 158 valence electrons. The van der Waals surface area contributed by atoms with Crippen LogP contribution in [0.15, 0.2) is 41.3 Å². The normalized spacial score (nSPS) is 15.1. The molecule has 0 atom stereocenters. The van der Waals surface area contributed by atoms with E-state index in [0.717, 1.165) is 24.5 Å². The van der Waals surface area contributed by atoms with Gasteiger partial charge in [-0.05, 0) is 51.0 Å². The number of anilines is 2. The minimum absolute atomic E-state index is 0.175. The smallest absolute Gasteiger partial charge is 0.265 e. The van der Waals surface area contributed by atoms with Crippen molar-refractivity contribution in [1.82, 2.24) is 20.4 Å². The summed E-state index contributed by atoms with van der Waals surface area (Å²) in [5, 5.41) is 15.5. The molecule has 0 spiro atoms. The molecule has 1 saturated heterocycles. The van der Waals surface area contributed by atoms with Crippen molar-refractivity contribution in [3.8, 4) is 11.3 Å². The first-order valence-corrected chi connectivity index (χ1v) is 11.7. The molecule has 4 rings (SSSR count). The molecule has 0 aliphatic carbocycles. The van der Waals surface area contributed by atoms with Gasteiger partial charge in [-0.3, -0.25) is 9.82 Å². The second-order valence-corrected chi connectivity index (χ2v) is 9.25. The second-order valence-electron chi connectivity index (χ2n) is 7.63. The lowest BCUT2D eigenvalue weighted by molar-refractivity contribution is 0.600. The molecule has 1 aliphatic rings. The summed E-state index contributed by atoms with van der Waals surface area (Å²) in [6.07, 6.45) is 4.90. The first-order valence-electron chi connectivity index (χ1n) is 10.2. The second kappa shape index (κ2) is 8.43. The standard InChI is InChI=1S/C21H26N6O2S/c1-15-21(16(2)23-22-15)30(28,29)26-18-9-7-8-17(14-18)19-10-11-20(25-24-19)27-12-5-3-4-6-13-27/h7-11,14,26H,3-6,12-13H2,1-2H3,(H,22,23). The molecule has 3 heterocycles. The Morgan fingerprint density at radius 2 is 1.77 bits per heavy atom. The number of nitrogens with zero attached hydrogens (tertiary/aromatic N) is 4. The van der Waals surface area contributed by atoms with Gasteiger partial charge in [-0.2, -0.15) is 5.10 Å². The number of hydrogen-bond acceptors (Lipinski definition) is 6. The molecule has 9 heteroatoms. The third kappa shape index (κ3) is 4.30. The van der Waals surface area contributed by atoms with Gasteiger partial charge in [0.1, 0.15) is 4.90 Å². The third-order valence-corrected chi connectivity index (χ3v) is 6.96. The SMILES string of the molecule is Cc1n[nH]c(C)c1S(=O)(=O)Nc1cccc(-c2ccc(N3CCCCCC3)nn2)c1. The highest BCUT2D eigenvalue weighted by Crippen LogP contribution is 2.25. The summed E-state index contributed by atoms with van der Waals surface area (Å²) in [6.45, 7) is 5.37. The summed E-state index contributed by atoms with van der Waals surface area (Å²) in [7, 11) is -3.74. The predicted molar refractivity (Wildman–Crippen MR) is 117 cm³/mol. The molecule has 8 nitrogen and oxygen atoms in total. The fourth-order valence-electron chi connectivity index (χ4n) is 3.83. The van der Waals surface area contributed by atoms with Crippen LogP contribution in [0.5, 0.6) is 0 Å². The highest BCUT2D eigenvalue weighted by Gasteiger charge is 2.22. The Morgan fingerprint density at radius 1 is 1.00 bits per heavy atom. The van der Waals surface area contributed by atoms with Crippen LogP contribution in [0, 0.1) is 13.8 Å². The Labute approximate surface area is 176 Å². The highest BCUT2D eigenvalue weighted by molar-refractivity contribution is 7.92. The molecule has 0 unspecified atom stereocenters. The maximum atomic E-state index is 12.8. The maximum Gasteiger partial charge on any atom is 0.265 e. The summed E-state index contributed by atoms with van der Waals surface area (Å²) in [4.78, 5) is 2.46. The minimum Gasteiger partial charge on any atom is -0.355 e. The molecule has 1 aromatic carbocycles. The molecule has 3 aromatic rings. The van der Waals surface area contributed by atoms with Gasteiger partial charge in [0.05, 0.1) is 17.1 Å². The lowest BCUT2D eigenvalue weighted by Crippen LogP contribution is -2.25. The summed E-state index contributed by atoms with van der Waals surface area (Å²) in [6, 6.07) is 11.1. The van der Waals surface area contributed by atoms with Gasteiger partial charge in [0.2, 0.25) is 0 Å². The number of benzene rings is 1. The molecular formula is C21H26N6O2S. The Kier molecular flexibility index (Phi) is 5.72. The number of aromatic nitrogens is 4. The van der Waals surface area contributed by atoms with E-state index in [1.165, 1.54) is 25.7 Å². The van der Waals surface area contributed by atoms with Crippen LogP contribution >= 0.6 is 0 Å². The van der Waals surface area contributed by atoms with E-state index in [4.69, 9.17) is 0 Å². The van der Waals surface area contributed by atoms with Gasteiger partial charge in [0.25, 0.3) is 10.0 Å². The average molecular weight is 427 g/mol. The summed E-state index contributed by atoms with van der Waals surface area (Å²) < 4.78 is 28.2. The van der Waals surface area contributed by atoms with E-state index in [-0.39, 0.29) is 4.90 Å². The zero-order chi connectivity index (χ0) is 21.1.